The number of carbonyl (C=O) groups is 2. The largest absolute Gasteiger partial charge is 0.496 e. The zero-order valence-electron chi connectivity index (χ0n) is 33.6. The number of nitro groups is 1. The molecule has 15 heteroatoms. The lowest BCUT2D eigenvalue weighted by Crippen LogP contribution is -2.58. The van der Waals surface area contributed by atoms with Crippen LogP contribution in [-0.4, -0.2) is 99.8 Å². The van der Waals surface area contributed by atoms with Gasteiger partial charge in [-0.15, -0.1) is 0 Å². The van der Waals surface area contributed by atoms with E-state index in [9.17, 15) is 28.1 Å². The van der Waals surface area contributed by atoms with Gasteiger partial charge in [-0.1, -0.05) is 24.3 Å². The normalized spacial score (nSPS) is 21.1. The first-order chi connectivity index (χ1) is 27.0. The molecule has 57 heavy (non-hydrogen) atoms. The standard InChI is InChI=1S/C42H55N5O9S/c1-40(2,3)56-39(49)45(4)42-19-16-41(17-20-42,18-21-42)29-43-35-15-13-33(28-36(35)47(50)51)57(52,53)44-38(48)32-11-9-31(10-12-32)34-14-8-30(27-37(34)54-5)7-6-22-46-23-25-55-26-24-46/h8-15,27-28,43H,6-7,16-26,29H2,1-5H3,(H,44,48). The van der Waals surface area contributed by atoms with Crippen molar-refractivity contribution in [3.05, 3.63) is 81.9 Å². The first-order valence-corrected chi connectivity index (χ1v) is 21.1. The highest BCUT2D eigenvalue weighted by Gasteiger charge is 2.52. The van der Waals surface area contributed by atoms with E-state index in [0.29, 0.717) is 12.3 Å². The van der Waals surface area contributed by atoms with Crippen molar-refractivity contribution in [2.24, 2.45) is 5.41 Å². The Morgan fingerprint density at radius 3 is 2.25 bits per heavy atom. The van der Waals surface area contributed by atoms with E-state index in [1.165, 1.54) is 24.3 Å². The van der Waals surface area contributed by atoms with Crippen LogP contribution >= 0.6 is 0 Å². The number of nitrogens with zero attached hydrogens (tertiary/aromatic N) is 3. The number of benzene rings is 3. The van der Waals surface area contributed by atoms with Crippen LogP contribution in [0, 0.1) is 15.5 Å². The highest BCUT2D eigenvalue weighted by atomic mass is 32.2. The van der Waals surface area contributed by atoms with Gasteiger partial charge in [-0.05, 0) is 126 Å². The molecular weight excluding hydrogens is 751 g/mol. The van der Waals surface area contributed by atoms with Gasteiger partial charge in [0.1, 0.15) is 17.0 Å². The van der Waals surface area contributed by atoms with Gasteiger partial charge in [-0.25, -0.2) is 17.9 Å². The second kappa shape index (κ2) is 17.0. The zero-order chi connectivity index (χ0) is 41.0. The Morgan fingerprint density at radius 1 is 0.965 bits per heavy atom. The summed E-state index contributed by atoms with van der Waals surface area (Å²) in [5, 5.41) is 15.4. The molecule has 1 saturated heterocycles. The van der Waals surface area contributed by atoms with E-state index in [0.717, 1.165) is 107 Å². The van der Waals surface area contributed by atoms with Crippen LogP contribution in [-0.2, 0) is 25.9 Å². The minimum atomic E-state index is -4.46. The highest BCUT2D eigenvalue weighted by molar-refractivity contribution is 7.90. The third-order valence-electron chi connectivity index (χ3n) is 11.9. The van der Waals surface area contributed by atoms with Crippen LogP contribution in [0.3, 0.4) is 0 Å². The van der Waals surface area contributed by atoms with E-state index in [1.807, 2.05) is 32.9 Å². The minimum absolute atomic E-state index is 0.106. The Morgan fingerprint density at radius 2 is 1.63 bits per heavy atom. The summed E-state index contributed by atoms with van der Waals surface area (Å²) >= 11 is 0. The molecule has 3 aliphatic carbocycles. The number of nitro benzene ring substituents is 1. The summed E-state index contributed by atoms with van der Waals surface area (Å²) in [6.45, 7) is 10.5. The van der Waals surface area contributed by atoms with E-state index in [2.05, 4.69) is 21.0 Å². The maximum Gasteiger partial charge on any atom is 0.410 e. The monoisotopic (exact) mass is 805 g/mol. The molecule has 0 atom stereocenters. The van der Waals surface area contributed by atoms with Gasteiger partial charge >= 0.3 is 6.09 Å². The first kappa shape index (κ1) is 41.9. The van der Waals surface area contributed by atoms with Crippen LogP contribution in [0.5, 0.6) is 5.75 Å². The van der Waals surface area contributed by atoms with Gasteiger partial charge in [0, 0.05) is 49.4 Å². The molecule has 7 rings (SSSR count). The second-order valence-electron chi connectivity index (χ2n) is 16.7. The number of nitrogens with one attached hydrogen (secondary N) is 2. The summed E-state index contributed by atoms with van der Waals surface area (Å²) in [4.78, 5) is 41.3. The fourth-order valence-corrected chi connectivity index (χ4v) is 9.29. The smallest absolute Gasteiger partial charge is 0.410 e. The van der Waals surface area contributed by atoms with E-state index in [4.69, 9.17) is 14.2 Å². The molecule has 3 aromatic carbocycles. The lowest BCUT2D eigenvalue weighted by atomic mass is 9.57. The number of methoxy groups -OCH3 is 1. The Hall–Kier alpha value is -4.73. The molecule has 4 aliphatic rings. The maximum absolute atomic E-state index is 13.4. The van der Waals surface area contributed by atoms with Crippen molar-refractivity contribution in [1.29, 1.82) is 0 Å². The summed E-state index contributed by atoms with van der Waals surface area (Å²) in [6.07, 6.45) is 6.46. The maximum atomic E-state index is 13.4. The molecule has 2 N–H and O–H groups in total. The number of carbonyl (C=O) groups excluding carboxylic acids is 2. The molecule has 1 heterocycles. The molecule has 2 amide bonds. The lowest BCUT2D eigenvalue weighted by Gasteiger charge is -2.56. The number of morpholine rings is 1. The number of hydrogen-bond donors (Lipinski definition) is 2. The fraction of sp³-hybridized carbons (Fsp3) is 0.524. The van der Waals surface area contributed by atoms with Gasteiger partial charge in [0.05, 0.1) is 30.1 Å². The quantitative estimate of drug-likeness (QED) is 0.127. The third-order valence-corrected chi connectivity index (χ3v) is 13.2. The summed E-state index contributed by atoms with van der Waals surface area (Å²) in [5.41, 5.74) is 1.69. The van der Waals surface area contributed by atoms with Crippen LogP contribution in [0.2, 0.25) is 0 Å². The Bertz CT molecular complexity index is 2040. The van der Waals surface area contributed by atoms with E-state index in [1.54, 1.807) is 31.2 Å². The molecule has 0 spiro atoms. The Labute approximate surface area is 335 Å². The van der Waals surface area contributed by atoms with Gasteiger partial charge in [-0.2, -0.15) is 0 Å². The number of ether oxygens (including phenoxy) is 3. The van der Waals surface area contributed by atoms with Crippen molar-refractivity contribution >= 4 is 33.4 Å². The minimum Gasteiger partial charge on any atom is -0.496 e. The van der Waals surface area contributed by atoms with Crippen molar-refractivity contribution in [3.63, 3.8) is 0 Å². The van der Waals surface area contributed by atoms with Gasteiger partial charge in [0.15, 0.2) is 0 Å². The predicted octanol–water partition coefficient (Wildman–Crippen LogP) is 7.03. The van der Waals surface area contributed by atoms with Gasteiger partial charge < -0.3 is 24.4 Å². The molecule has 3 aromatic rings. The van der Waals surface area contributed by atoms with Crippen LogP contribution in [0.1, 0.15) is 81.6 Å². The van der Waals surface area contributed by atoms with E-state index >= 15 is 0 Å². The molecule has 4 fully saturated rings. The molecule has 0 unspecified atom stereocenters. The number of sulfonamides is 1. The molecule has 0 radical (unpaired) electrons. The Balaban J connectivity index is 1.06. The van der Waals surface area contributed by atoms with E-state index < -0.39 is 37.0 Å². The predicted molar refractivity (Wildman–Crippen MR) is 217 cm³/mol. The van der Waals surface area contributed by atoms with Crippen molar-refractivity contribution < 1.29 is 37.1 Å². The van der Waals surface area contributed by atoms with Crippen molar-refractivity contribution in [2.75, 3.05) is 58.9 Å². The van der Waals surface area contributed by atoms with Crippen LogP contribution in [0.15, 0.2) is 65.6 Å². The number of rotatable bonds is 14. The van der Waals surface area contributed by atoms with Crippen LogP contribution < -0.4 is 14.8 Å². The number of hydrogen-bond acceptors (Lipinski definition) is 11. The fourth-order valence-electron chi connectivity index (χ4n) is 8.30. The molecule has 2 bridgehead atoms. The van der Waals surface area contributed by atoms with Crippen molar-refractivity contribution in [2.45, 2.75) is 88.2 Å². The Kier molecular flexibility index (Phi) is 12.5. The van der Waals surface area contributed by atoms with Crippen molar-refractivity contribution in [3.8, 4) is 16.9 Å². The molecule has 3 saturated carbocycles. The topological polar surface area (TPSA) is 170 Å². The molecule has 1 aliphatic heterocycles. The van der Waals surface area contributed by atoms with Gasteiger partial charge in [0.2, 0.25) is 0 Å². The molecule has 308 valence electrons. The van der Waals surface area contributed by atoms with Gasteiger partial charge in [-0.3, -0.25) is 19.8 Å². The highest BCUT2D eigenvalue weighted by Crippen LogP contribution is 2.54. The molecule has 14 nitrogen and oxygen atoms in total. The first-order valence-electron chi connectivity index (χ1n) is 19.7. The number of fused-ring (bicyclic) bond motifs is 3. The number of amides is 2. The molecule has 0 aromatic heterocycles. The summed E-state index contributed by atoms with van der Waals surface area (Å²) < 4.78 is 45.5. The van der Waals surface area contributed by atoms with Crippen LogP contribution in [0.4, 0.5) is 16.2 Å². The molecular formula is C42H55N5O9S. The summed E-state index contributed by atoms with van der Waals surface area (Å²) in [7, 11) is -1.04. The SMILES string of the molecule is COc1cc(CCCN2CCOCC2)ccc1-c1ccc(C(=O)NS(=O)(=O)c2ccc(NCC34CCC(N(C)C(=O)OC(C)(C)C)(CC3)CC4)c([N+](=O)[O-])c2)cc1. The van der Waals surface area contributed by atoms with Gasteiger partial charge in [0.25, 0.3) is 21.6 Å². The number of aryl methyl sites for hydroxylation is 1. The summed E-state index contributed by atoms with van der Waals surface area (Å²) in [5.74, 6) is -0.170. The average molecular weight is 806 g/mol. The number of anilines is 1. The van der Waals surface area contributed by atoms with E-state index in [-0.39, 0.29) is 28.3 Å². The van der Waals surface area contributed by atoms with Crippen LogP contribution in [0.25, 0.3) is 11.1 Å². The zero-order valence-corrected chi connectivity index (χ0v) is 34.4. The van der Waals surface area contributed by atoms with Crippen molar-refractivity contribution in [1.82, 2.24) is 14.5 Å². The second-order valence-corrected chi connectivity index (χ2v) is 18.3. The summed E-state index contributed by atoms with van der Waals surface area (Å²) in [6, 6.07) is 16.2. The lowest BCUT2D eigenvalue weighted by molar-refractivity contribution is -0.384. The third kappa shape index (κ3) is 9.87. The average Bonchev–Trinajstić information content (AvgIpc) is 3.20.